The summed E-state index contributed by atoms with van der Waals surface area (Å²) in [5.41, 5.74) is 0.744. The van der Waals surface area contributed by atoms with Crippen LogP contribution >= 0.6 is 0 Å². The highest BCUT2D eigenvalue weighted by molar-refractivity contribution is 7.90. The van der Waals surface area contributed by atoms with Gasteiger partial charge in [-0.3, -0.25) is 0 Å². The Morgan fingerprint density at radius 1 is 1.16 bits per heavy atom. The molecule has 0 aromatic heterocycles. The first-order valence-electron chi connectivity index (χ1n) is 6.21. The number of quaternary nitrogens is 1. The summed E-state index contributed by atoms with van der Waals surface area (Å²) in [6.07, 6.45) is 1.29. The van der Waals surface area contributed by atoms with Gasteiger partial charge >= 0.3 is 0 Å². The van der Waals surface area contributed by atoms with Crippen LogP contribution in [0.3, 0.4) is 0 Å². The molecule has 0 radical (unpaired) electrons. The van der Waals surface area contributed by atoms with E-state index >= 15 is 0 Å². The summed E-state index contributed by atoms with van der Waals surface area (Å²) in [7, 11) is -3.26. The van der Waals surface area contributed by atoms with Gasteiger partial charge in [0.2, 0.25) is 6.79 Å². The Kier molecular flexibility index (Phi) is 2.92. The van der Waals surface area contributed by atoms with Gasteiger partial charge < -0.3 is 14.8 Å². The summed E-state index contributed by atoms with van der Waals surface area (Å²) >= 11 is 0. The maximum absolute atomic E-state index is 12.3. The van der Waals surface area contributed by atoms with Gasteiger partial charge in [0.1, 0.15) is 13.1 Å². The van der Waals surface area contributed by atoms with E-state index in [9.17, 15) is 8.42 Å². The molecule has 1 fully saturated rings. The SMILES string of the molecule is CS(=O)(=O)[N+]1(c2ccc3c(c2)OCO3)CCNCC1. The number of hydrogen-bond acceptors (Lipinski definition) is 5. The zero-order chi connectivity index (χ0) is 13.5. The van der Waals surface area contributed by atoms with Crippen LogP contribution in [0.2, 0.25) is 0 Å². The molecule has 0 amide bonds. The predicted octanol–water partition coefficient (Wildman–Crippen LogP) is 0.285. The zero-order valence-electron chi connectivity index (χ0n) is 10.8. The molecular formula is C12H17N2O4S+. The van der Waals surface area contributed by atoms with Gasteiger partial charge in [-0.1, -0.05) is 0 Å². The molecule has 0 spiro atoms. The summed E-state index contributed by atoms with van der Waals surface area (Å²) in [6, 6.07) is 5.39. The fourth-order valence-electron chi connectivity index (χ4n) is 2.68. The molecule has 1 N–H and O–H groups in total. The van der Waals surface area contributed by atoms with E-state index in [4.69, 9.17) is 9.47 Å². The van der Waals surface area contributed by atoms with E-state index in [0.717, 1.165) is 5.69 Å². The van der Waals surface area contributed by atoms with E-state index in [0.29, 0.717) is 37.7 Å². The van der Waals surface area contributed by atoms with Crippen LogP contribution in [0.1, 0.15) is 0 Å². The van der Waals surface area contributed by atoms with E-state index in [1.54, 1.807) is 12.1 Å². The van der Waals surface area contributed by atoms with Crippen molar-refractivity contribution in [2.24, 2.45) is 0 Å². The van der Waals surface area contributed by atoms with Gasteiger partial charge in [-0.25, -0.2) is 0 Å². The average molecular weight is 285 g/mol. The molecule has 0 atom stereocenters. The first kappa shape index (κ1) is 12.7. The van der Waals surface area contributed by atoms with Crippen LogP contribution in [-0.4, -0.2) is 47.6 Å². The van der Waals surface area contributed by atoms with Crippen molar-refractivity contribution in [3.8, 4) is 11.5 Å². The highest BCUT2D eigenvalue weighted by Crippen LogP contribution is 2.39. The van der Waals surface area contributed by atoms with Crippen LogP contribution in [0.4, 0.5) is 5.69 Å². The third-order valence-corrected chi connectivity index (χ3v) is 5.61. The Labute approximate surface area is 112 Å². The van der Waals surface area contributed by atoms with Crippen LogP contribution < -0.4 is 18.7 Å². The summed E-state index contributed by atoms with van der Waals surface area (Å²) in [6.45, 7) is 2.61. The third kappa shape index (κ3) is 1.98. The van der Waals surface area contributed by atoms with Crippen molar-refractivity contribution >= 4 is 15.7 Å². The number of nitrogens with one attached hydrogen (secondary N) is 1. The monoisotopic (exact) mass is 285 g/mol. The first-order chi connectivity index (χ1) is 9.03. The fourth-order valence-corrected chi connectivity index (χ4v) is 4.02. The Morgan fingerprint density at radius 3 is 2.53 bits per heavy atom. The van der Waals surface area contributed by atoms with Crippen molar-refractivity contribution in [1.82, 2.24) is 9.21 Å². The lowest BCUT2D eigenvalue weighted by molar-refractivity contribution is 0.174. The molecule has 1 aromatic carbocycles. The number of fused-ring (bicyclic) bond motifs is 1. The van der Waals surface area contributed by atoms with E-state index in [1.807, 2.05) is 6.07 Å². The maximum Gasteiger partial charge on any atom is 0.299 e. The molecule has 2 heterocycles. The van der Waals surface area contributed by atoms with Crippen LogP contribution in [0.15, 0.2) is 18.2 Å². The summed E-state index contributed by atoms with van der Waals surface area (Å²) in [5, 5.41) is 3.20. The van der Waals surface area contributed by atoms with Gasteiger partial charge in [-0.15, -0.1) is 0 Å². The highest BCUT2D eigenvalue weighted by atomic mass is 32.2. The van der Waals surface area contributed by atoms with E-state index in [-0.39, 0.29) is 10.7 Å². The second-order valence-electron chi connectivity index (χ2n) is 4.86. The molecule has 3 rings (SSSR count). The summed E-state index contributed by atoms with van der Waals surface area (Å²) in [5.74, 6) is 1.29. The van der Waals surface area contributed by atoms with Gasteiger partial charge in [0, 0.05) is 25.2 Å². The standard InChI is InChI=1S/C12H17N2O4S/c1-19(15,16)14(6-4-13-5-7-14)10-2-3-11-12(8-10)18-9-17-11/h2-3,8,13H,4-7,9H2,1H3/q+1. The molecule has 2 aliphatic rings. The van der Waals surface area contributed by atoms with E-state index < -0.39 is 10.0 Å². The first-order valence-corrected chi connectivity index (χ1v) is 8.06. The van der Waals surface area contributed by atoms with E-state index in [1.165, 1.54) is 6.26 Å². The lowest BCUT2D eigenvalue weighted by Crippen LogP contribution is -2.62. The van der Waals surface area contributed by atoms with E-state index in [2.05, 4.69) is 5.32 Å². The van der Waals surface area contributed by atoms with Crippen molar-refractivity contribution < 1.29 is 17.9 Å². The molecule has 2 aliphatic heterocycles. The molecule has 1 saturated heterocycles. The minimum Gasteiger partial charge on any atom is -0.454 e. The summed E-state index contributed by atoms with van der Waals surface area (Å²) in [4.78, 5) is 0. The van der Waals surface area contributed by atoms with Crippen molar-refractivity contribution in [1.29, 1.82) is 0 Å². The quantitative estimate of drug-likeness (QED) is 0.791. The number of ether oxygens (including phenoxy) is 2. The number of rotatable bonds is 2. The molecule has 7 heteroatoms. The largest absolute Gasteiger partial charge is 0.454 e. The van der Waals surface area contributed by atoms with Crippen LogP contribution in [-0.2, 0) is 10.0 Å². The maximum atomic E-state index is 12.3. The van der Waals surface area contributed by atoms with Crippen molar-refractivity contribution in [2.45, 2.75) is 0 Å². The van der Waals surface area contributed by atoms with Crippen molar-refractivity contribution in [3.05, 3.63) is 18.2 Å². The van der Waals surface area contributed by atoms with Crippen LogP contribution in [0.25, 0.3) is 0 Å². The Bertz CT molecular complexity index is 594. The van der Waals surface area contributed by atoms with Crippen molar-refractivity contribution in [2.75, 3.05) is 39.2 Å². The number of piperazine rings is 1. The minimum atomic E-state index is -3.26. The van der Waals surface area contributed by atoms with Crippen LogP contribution in [0, 0.1) is 0 Å². The molecular weight excluding hydrogens is 268 g/mol. The molecule has 0 aliphatic carbocycles. The second-order valence-corrected chi connectivity index (χ2v) is 7.02. The van der Waals surface area contributed by atoms with Gasteiger partial charge in [0.15, 0.2) is 17.2 Å². The van der Waals surface area contributed by atoms with Gasteiger partial charge in [0.05, 0.1) is 6.26 Å². The lowest BCUT2D eigenvalue weighted by Gasteiger charge is -2.38. The molecule has 19 heavy (non-hydrogen) atoms. The van der Waals surface area contributed by atoms with Gasteiger partial charge in [0.25, 0.3) is 10.0 Å². The van der Waals surface area contributed by atoms with Gasteiger partial charge in [-0.2, -0.15) is 12.3 Å². The number of benzene rings is 1. The number of sulfonamides is 1. The molecule has 6 nitrogen and oxygen atoms in total. The Morgan fingerprint density at radius 2 is 1.84 bits per heavy atom. The normalized spacial score (nSPS) is 21.3. The van der Waals surface area contributed by atoms with Crippen LogP contribution in [0.5, 0.6) is 11.5 Å². The highest BCUT2D eigenvalue weighted by Gasteiger charge is 2.42. The molecule has 0 saturated carbocycles. The molecule has 104 valence electrons. The minimum absolute atomic E-state index is 0.0311. The summed E-state index contributed by atoms with van der Waals surface area (Å²) < 4.78 is 35.1. The molecule has 0 bridgehead atoms. The average Bonchev–Trinajstić information content (AvgIpc) is 2.85. The number of nitrogens with zero attached hydrogens (tertiary/aromatic N) is 1. The lowest BCUT2D eigenvalue weighted by atomic mass is 10.2. The Balaban J connectivity index is 2.10. The zero-order valence-corrected chi connectivity index (χ0v) is 11.6. The second kappa shape index (κ2) is 4.36. The topological polar surface area (TPSA) is 64.6 Å². The molecule has 0 unspecified atom stereocenters. The number of hydrogen-bond donors (Lipinski definition) is 1. The smallest absolute Gasteiger partial charge is 0.299 e. The molecule has 1 aromatic rings. The Hall–Kier alpha value is -1.31. The predicted molar refractivity (Wildman–Crippen MR) is 71.8 cm³/mol. The van der Waals surface area contributed by atoms with Gasteiger partial charge in [-0.05, 0) is 6.07 Å². The van der Waals surface area contributed by atoms with Crippen molar-refractivity contribution in [3.63, 3.8) is 0 Å². The fraction of sp³-hybridized carbons (Fsp3) is 0.500. The third-order valence-electron chi connectivity index (χ3n) is 3.76.